The van der Waals surface area contributed by atoms with Crippen molar-refractivity contribution >= 4 is 35.2 Å². The van der Waals surface area contributed by atoms with Gasteiger partial charge in [-0.2, -0.15) is 5.10 Å². The number of nitrogens with two attached hydrogens (primary N) is 1. The molecule has 39 heavy (non-hydrogen) atoms. The van der Waals surface area contributed by atoms with Crippen molar-refractivity contribution in [3.05, 3.63) is 70.9 Å². The van der Waals surface area contributed by atoms with Gasteiger partial charge in [-0.25, -0.2) is 0 Å². The van der Waals surface area contributed by atoms with E-state index in [0.29, 0.717) is 11.1 Å². The van der Waals surface area contributed by atoms with Crippen molar-refractivity contribution in [1.82, 2.24) is 20.4 Å². The summed E-state index contributed by atoms with van der Waals surface area (Å²) < 4.78 is 0. The summed E-state index contributed by atoms with van der Waals surface area (Å²) >= 11 is 0. The molecule has 11 nitrogen and oxygen atoms in total. The number of hydrogen-bond donors (Lipinski definition) is 3. The molecular formula is C28H26N6O5. The van der Waals surface area contributed by atoms with Crippen molar-refractivity contribution in [3.8, 4) is 11.3 Å². The van der Waals surface area contributed by atoms with E-state index >= 15 is 0 Å². The predicted molar refractivity (Wildman–Crippen MR) is 140 cm³/mol. The third-order valence-corrected chi connectivity index (χ3v) is 7.84. The van der Waals surface area contributed by atoms with E-state index < -0.39 is 35.6 Å². The number of imide groups is 2. The maximum absolute atomic E-state index is 13.2. The van der Waals surface area contributed by atoms with E-state index in [0.717, 1.165) is 53.3 Å². The zero-order valence-corrected chi connectivity index (χ0v) is 21.0. The summed E-state index contributed by atoms with van der Waals surface area (Å²) in [4.78, 5) is 65.1. The number of benzene rings is 2. The van der Waals surface area contributed by atoms with Crippen molar-refractivity contribution in [3.63, 3.8) is 0 Å². The Morgan fingerprint density at radius 3 is 2.36 bits per heavy atom. The summed E-state index contributed by atoms with van der Waals surface area (Å²) in [7, 11) is 0. The normalized spacial score (nSPS) is 19.8. The standard InChI is InChI=1S/C28H26N6O5/c29-25(36)17-2-4-22(20(14-17)21-7-10-30-32-21)33-11-8-15(9-12-33)16-1-3-18-19(13-16)28(39)34(27(18)38)23-5-6-24(35)31-26(23)37/h1-4,7,10,13-15,23H,5-6,8-9,11-12H2,(H2,29,36)(H,30,32)(H,31,35,37). The summed E-state index contributed by atoms with van der Waals surface area (Å²) in [5, 5.41) is 9.22. The van der Waals surface area contributed by atoms with Gasteiger partial charge in [-0.3, -0.25) is 39.3 Å². The van der Waals surface area contributed by atoms with Gasteiger partial charge >= 0.3 is 0 Å². The highest BCUT2D eigenvalue weighted by Gasteiger charge is 2.44. The second kappa shape index (κ2) is 9.50. The molecule has 198 valence electrons. The van der Waals surface area contributed by atoms with Crippen molar-refractivity contribution < 1.29 is 24.0 Å². The molecule has 0 bridgehead atoms. The number of amides is 5. The van der Waals surface area contributed by atoms with Crippen molar-refractivity contribution in [2.24, 2.45) is 5.73 Å². The highest BCUT2D eigenvalue weighted by molar-refractivity contribution is 6.23. The largest absolute Gasteiger partial charge is 0.371 e. The number of nitrogens with zero attached hydrogens (tertiary/aromatic N) is 3. The summed E-state index contributed by atoms with van der Waals surface area (Å²) in [5.74, 6) is -2.34. The van der Waals surface area contributed by atoms with E-state index in [9.17, 15) is 24.0 Å². The van der Waals surface area contributed by atoms with Gasteiger partial charge in [-0.15, -0.1) is 0 Å². The number of aromatic nitrogens is 2. The van der Waals surface area contributed by atoms with Crippen molar-refractivity contribution in [2.45, 2.75) is 37.6 Å². The van der Waals surface area contributed by atoms with Gasteiger partial charge < -0.3 is 10.6 Å². The second-order valence-electron chi connectivity index (χ2n) is 10.1. The van der Waals surface area contributed by atoms with Gasteiger partial charge in [0.05, 0.1) is 16.8 Å². The lowest BCUT2D eigenvalue weighted by Crippen LogP contribution is -2.54. The predicted octanol–water partition coefficient (Wildman–Crippen LogP) is 1.96. The number of piperidine rings is 2. The molecule has 3 aromatic rings. The van der Waals surface area contributed by atoms with Gasteiger partial charge in [0.25, 0.3) is 11.8 Å². The number of aromatic amines is 1. The molecule has 3 aliphatic heterocycles. The molecule has 5 amide bonds. The average Bonchev–Trinajstić information content (AvgIpc) is 3.56. The van der Waals surface area contributed by atoms with Crippen molar-refractivity contribution in [2.75, 3.05) is 18.0 Å². The number of hydrogen-bond acceptors (Lipinski definition) is 7. The smallest absolute Gasteiger partial charge is 0.262 e. The van der Waals surface area contributed by atoms with Gasteiger partial charge in [0.1, 0.15) is 6.04 Å². The number of anilines is 1. The zero-order chi connectivity index (χ0) is 27.3. The fourth-order valence-electron chi connectivity index (χ4n) is 5.78. The highest BCUT2D eigenvalue weighted by atomic mass is 16.2. The van der Waals surface area contributed by atoms with Crippen LogP contribution in [-0.4, -0.2) is 63.8 Å². The Morgan fingerprint density at radius 2 is 1.67 bits per heavy atom. The maximum atomic E-state index is 13.2. The summed E-state index contributed by atoms with van der Waals surface area (Å²) in [6.07, 6.45) is 3.50. The third-order valence-electron chi connectivity index (χ3n) is 7.84. The lowest BCUT2D eigenvalue weighted by atomic mass is 9.87. The average molecular weight is 527 g/mol. The lowest BCUT2D eigenvalue weighted by Gasteiger charge is -2.35. The van der Waals surface area contributed by atoms with Crippen LogP contribution in [0.5, 0.6) is 0 Å². The van der Waals surface area contributed by atoms with Crippen LogP contribution in [0.3, 0.4) is 0 Å². The molecular weight excluding hydrogens is 500 g/mol. The van der Waals surface area contributed by atoms with Gasteiger partial charge in [-0.05, 0) is 67.1 Å². The fourth-order valence-corrected chi connectivity index (χ4v) is 5.78. The second-order valence-corrected chi connectivity index (χ2v) is 10.1. The molecule has 0 aliphatic carbocycles. The van der Waals surface area contributed by atoms with Crippen LogP contribution in [0.25, 0.3) is 11.3 Å². The Kier molecular flexibility index (Phi) is 5.97. The van der Waals surface area contributed by atoms with Gasteiger partial charge in [0, 0.05) is 42.5 Å². The van der Waals surface area contributed by atoms with E-state index in [2.05, 4.69) is 20.4 Å². The highest BCUT2D eigenvalue weighted by Crippen LogP contribution is 2.37. The molecule has 0 spiro atoms. The van der Waals surface area contributed by atoms with Crippen LogP contribution in [0.4, 0.5) is 5.69 Å². The number of primary amides is 1. The molecule has 4 heterocycles. The molecule has 1 aromatic heterocycles. The van der Waals surface area contributed by atoms with E-state index in [1.807, 2.05) is 18.2 Å². The molecule has 1 unspecified atom stereocenters. The number of carbonyl (C=O) groups excluding carboxylic acids is 5. The molecule has 2 saturated heterocycles. The van der Waals surface area contributed by atoms with E-state index in [1.54, 1.807) is 30.5 Å². The van der Waals surface area contributed by atoms with Crippen LogP contribution >= 0.6 is 0 Å². The van der Waals surface area contributed by atoms with Crippen molar-refractivity contribution in [1.29, 1.82) is 0 Å². The first-order chi connectivity index (χ1) is 18.8. The molecule has 11 heteroatoms. The molecule has 0 saturated carbocycles. The molecule has 6 rings (SSSR count). The molecule has 2 fully saturated rings. The Morgan fingerprint density at radius 1 is 0.897 bits per heavy atom. The fraction of sp³-hybridized carbons (Fsp3) is 0.286. The van der Waals surface area contributed by atoms with E-state index in [-0.39, 0.29) is 24.3 Å². The van der Waals surface area contributed by atoms with Crippen LogP contribution < -0.4 is 16.0 Å². The Labute approximate surface area is 223 Å². The number of H-pyrrole nitrogens is 1. The Hall–Kier alpha value is -4.80. The molecule has 2 aromatic carbocycles. The zero-order valence-electron chi connectivity index (χ0n) is 21.0. The number of fused-ring (bicyclic) bond motifs is 1. The Balaban J connectivity index is 1.20. The summed E-state index contributed by atoms with van der Waals surface area (Å²) in [6, 6.07) is 11.6. The molecule has 1 atom stereocenters. The molecule has 0 radical (unpaired) electrons. The van der Waals surface area contributed by atoms with Crippen LogP contribution in [-0.2, 0) is 9.59 Å². The minimum Gasteiger partial charge on any atom is -0.371 e. The molecule has 3 aliphatic rings. The van der Waals surface area contributed by atoms with Crippen LogP contribution in [0.1, 0.15) is 68.2 Å². The van der Waals surface area contributed by atoms with Crippen LogP contribution in [0, 0.1) is 0 Å². The first-order valence-electron chi connectivity index (χ1n) is 12.9. The minimum atomic E-state index is -0.980. The number of nitrogens with one attached hydrogen (secondary N) is 2. The minimum absolute atomic E-state index is 0.0843. The Bertz CT molecular complexity index is 1520. The quantitative estimate of drug-likeness (QED) is 0.429. The van der Waals surface area contributed by atoms with E-state index in [4.69, 9.17) is 5.73 Å². The number of carbonyl (C=O) groups is 5. The first kappa shape index (κ1) is 24.5. The molecule has 4 N–H and O–H groups in total. The van der Waals surface area contributed by atoms with E-state index in [1.165, 1.54) is 0 Å². The number of rotatable bonds is 5. The monoisotopic (exact) mass is 526 g/mol. The maximum Gasteiger partial charge on any atom is 0.262 e. The third kappa shape index (κ3) is 4.25. The summed E-state index contributed by atoms with van der Waals surface area (Å²) in [6.45, 7) is 1.49. The van der Waals surface area contributed by atoms with Gasteiger partial charge in [0.15, 0.2) is 0 Å². The lowest BCUT2D eigenvalue weighted by molar-refractivity contribution is -0.136. The van der Waals surface area contributed by atoms with Gasteiger partial charge in [0.2, 0.25) is 17.7 Å². The van der Waals surface area contributed by atoms with Crippen LogP contribution in [0.2, 0.25) is 0 Å². The van der Waals surface area contributed by atoms with Gasteiger partial charge in [-0.1, -0.05) is 6.07 Å². The van der Waals surface area contributed by atoms with Crippen LogP contribution in [0.15, 0.2) is 48.7 Å². The first-order valence-corrected chi connectivity index (χ1v) is 12.9. The summed E-state index contributed by atoms with van der Waals surface area (Å²) in [5.41, 5.74) is 10.1. The topological polar surface area (TPSA) is 159 Å². The SMILES string of the molecule is NC(=O)c1ccc(N2CCC(c3ccc4c(c3)C(=O)N(C3CCC(=O)NC3=O)C4=O)CC2)c(-c2ccn[nH]2)c1.